The molecule has 0 aromatic heterocycles. The maximum atomic E-state index is 9.85. The number of rotatable bonds is 6. The van der Waals surface area contributed by atoms with E-state index in [1.165, 1.54) is 0 Å². The summed E-state index contributed by atoms with van der Waals surface area (Å²) in [7, 11) is 3.25. The van der Waals surface area contributed by atoms with Gasteiger partial charge in [0.05, 0.1) is 26.0 Å². The molecule has 3 N–H and O–H groups in total. The molecule has 3 rings (SSSR count). The molecule has 0 bridgehead atoms. The van der Waals surface area contributed by atoms with E-state index in [1.807, 2.05) is 54.6 Å². The van der Waals surface area contributed by atoms with Crippen molar-refractivity contribution in [3.63, 3.8) is 0 Å². The van der Waals surface area contributed by atoms with Crippen molar-refractivity contribution in [2.24, 2.45) is 11.1 Å². The molecule has 0 unspecified atom stereocenters. The zero-order valence-electron chi connectivity index (χ0n) is 16.1. The highest BCUT2D eigenvalue weighted by atomic mass is 16.5. The van der Waals surface area contributed by atoms with Gasteiger partial charge in [0.1, 0.15) is 11.5 Å². The Morgan fingerprint density at radius 2 is 1.64 bits per heavy atom. The van der Waals surface area contributed by atoms with Crippen molar-refractivity contribution in [3.8, 4) is 11.5 Å². The minimum absolute atomic E-state index is 0.151. The first-order chi connectivity index (χ1) is 13.7. The molecular formula is C22H26N2O4. The molecule has 0 heterocycles. The molecule has 0 amide bonds. The monoisotopic (exact) mass is 382 g/mol. The van der Waals surface area contributed by atoms with Crippen molar-refractivity contribution < 1.29 is 19.9 Å². The van der Waals surface area contributed by atoms with E-state index in [1.54, 1.807) is 14.2 Å². The number of oxime groups is 1. The van der Waals surface area contributed by atoms with Gasteiger partial charge in [0.2, 0.25) is 0 Å². The lowest BCUT2D eigenvalue weighted by molar-refractivity contribution is 0.106. The van der Waals surface area contributed by atoms with Gasteiger partial charge in [0, 0.05) is 5.92 Å². The van der Waals surface area contributed by atoms with Crippen LogP contribution in [0.15, 0.2) is 59.3 Å². The summed E-state index contributed by atoms with van der Waals surface area (Å²) >= 11 is 0. The zero-order chi connectivity index (χ0) is 19.9. The second kappa shape index (κ2) is 9.39. The third-order valence-electron chi connectivity index (χ3n) is 5.22. The van der Waals surface area contributed by atoms with Gasteiger partial charge in [-0.3, -0.25) is 0 Å². The van der Waals surface area contributed by atoms with Crippen LogP contribution in [0.1, 0.15) is 36.4 Å². The number of benzene rings is 2. The van der Waals surface area contributed by atoms with E-state index in [9.17, 15) is 10.4 Å². The summed E-state index contributed by atoms with van der Waals surface area (Å²) < 4.78 is 10.4. The Morgan fingerprint density at radius 3 is 2.18 bits per heavy atom. The summed E-state index contributed by atoms with van der Waals surface area (Å²) in [5, 5.41) is 23.2. The molecule has 2 aromatic rings. The van der Waals surface area contributed by atoms with Gasteiger partial charge in [-0.25, -0.2) is 0 Å². The van der Waals surface area contributed by atoms with Gasteiger partial charge >= 0.3 is 0 Å². The highest BCUT2D eigenvalue weighted by Crippen LogP contribution is 2.36. The number of hydroxylamine groups is 1. The molecule has 2 aromatic carbocycles. The number of hydrogen-bond donors (Lipinski definition) is 3. The molecule has 148 valence electrons. The quantitative estimate of drug-likeness (QED) is 0.508. The molecule has 1 fully saturated rings. The molecular weight excluding hydrogens is 356 g/mol. The Bertz CT molecular complexity index is 829. The van der Waals surface area contributed by atoms with Gasteiger partial charge in [-0.05, 0) is 66.3 Å². The fraction of sp³-hybridized carbons (Fsp3) is 0.318. The predicted molar refractivity (Wildman–Crippen MR) is 108 cm³/mol. The van der Waals surface area contributed by atoms with Crippen molar-refractivity contribution in [3.05, 3.63) is 65.2 Å². The molecule has 6 heteroatoms. The van der Waals surface area contributed by atoms with Crippen LogP contribution >= 0.6 is 0 Å². The van der Waals surface area contributed by atoms with Gasteiger partial charge in [0.25, 0.3) is 0 Å². The number of ether oxygens (including phenoxy) is 2. The van der Waals surface area contributed by atoms with Crippen LogP contribution in [0.5, 0.6) is 11.5 Å². The maximum absolute atomic E-state index is 9.85. The molecule has 0 spiro atoms. The summed E-state index contributed by atoms with van der Waals surface area (Å²) in [6, 6.07) is 14.9. The van der Waals surface area contributed by atoms with E-state index in [0.717, 1.165) is 47.5 Å². The fourth-order valence-corrected chi connectivity index (χ4v) is 3.73. The first-order valence-electron chi connectivity index (χ1n) is 9.30. The Balaban J connectivity index is 1.88. The Morgan fingerprint density at radius 1 is 1.04 bits per heavy atom. The predicted octanol–water partition coefficient (Wildman–Crippen LogP) is 4.44. The molecule has 0 aliphatic heterocycles. The van der Waals surface area contributed by atoms with E-state index < -0.39 is 0 Å². The van der Waals surface area contributed by atoms with Crippen LogP contribution in [0.4, 0.5) is 0 Å². The lowest BCUT2D eigenvalue weighted by atomic mass is 9.77. The van der Waals surface area contributed by atoms with Crippen LogP contribution in [0.3, 0.4) is 0 Å². The minimum atomic E-state index is -0.378. The summed E-state index contributed by atoms with van der Waals surface area (Å²) in [4.78, 5) is 0. The van der Waals surface area contributed by atoms with E-state index in [2.05, 4.69) is 10.6 Å². The van der Waals surface area contributed by atoms with Crippen molar-refractivity contribution >= 4 is 11.8 Å². The molecule has 2 atom stereocenters. The summed E-state index contributed by atoms with van der Waals surface area (Å²) in [5.74, 6) is 1.39. The molecule has 6 nitrogen and oxygen atoms in total. The molecule has 1 aliphatic carbocycles. The van der Waals surface area contributed by atoms with Gasteiger partial charge < -0.3 is 19.9 Å². The van der Waals surface area contributed by atoms with Crippen LogP contribution in [-0.4, -0.2) is 30.3 Å². The van der Waals surface area contributed by atoms with E-state index in [-0.39, 0.29) is 12.0 Å². The maximum Gasteiger partial charge on any atom is 0.118 e. The summed E-state index contributed by atoms with van der Waals surface area (Å²) in [6.45, 7) is 0. The lowest BCUT2D eigenvalue weighted by Gasteiger charge is -2.31. The zero-order valence-corrected chi connectivity index (χ0v) is 16.1. The van der Waals surface area contributed by atoms with Crippen LogP contribution in [0.2, 0.25) is 0 Å². The number of hydrogen-bond acceptors (Lipinski definition) is 6. The van der Waals surface area contributed by atoms with E-state index >= 15 is 0 Å². The Kier molecular flexibility index (Phi) is 6.68. The minimum Gasteiger partial charge on any atom is -0.497 e. The summed E-state index contributed by atoms with van der Waals surface area (Å²) in [6.07, 6.45) is 4.61. The molecule has 0 saturated heterocycles. The molecule has 1 saturated carbocycles. The van der Waals surface area contributed by atoms with Crippen LogP contribution in [0.25, 0.3) is 6.08 Å². The number of methoxy groups -OCH3 is 2. The number of nitrogens with one attached hydrogen (secondary N) is 1. The first kappa shape index (κ1) is 19.9. The average Bonchev–Trinajstić information content (AvgIpc) is 2.75. The number of allylic oxidation sites excluding steroid dienone is 1. The third kappa shape index (κ3) is 4.35. The molecule has 1 aliphatic rings. The van der Waals surface area contributed by atoms with Gasteiger partial charge in [-0.15, -0.1) is 0 Å². The highest BCUT2D eigenvalue weighted by molar-refractivity contribution is 6.06. The van der Waals surface area contributed by atoms with Crippen molar-refractivity contribution in [2.45, 2.75) is 25.3 Å². The van der Waals surface area contributed by atoms with Crippen molar-refractivity contribution in [1.82, 2.24) is 5.48 Å². The molecule has 0 radical (unpaired) electrons. The van der Waals surface area contributed by atoms with E-state index in [4.69, 9.17) is 9.47 Å². The first-order valence-corrected chi connectivity index (χ1v) is 9.30. The average molecular weight is 382 g/mol. The number of nitrogens with zero attached hydrogens (tertiary/aromatic N) is 1. The van der Waals surface area contributed by atoms with Crippen LogP contribution < -0.4 is 15.0 Å². The molecule has 28 heavy (non-hydrogen) atoms. The second-order valence-electron chi connectivity index (χ2n) is 6.81. The smallest absolute Gasteiger partial charge is 0.118 e. The van der Waals surface area contributed by atoms with Gasteiger partial charge in [-0.2, -0.15) is 5.48 Å². The lowest BCUT2D eigenvalue weighted by Crippen LogP contribution is -2.34. The van der Waals surface area contributed by atoms with Crippen molar-refractivity contribution in [2.75, 3.05) is 14.2 Å². The van der Waals surface area contributed by atoms with Crippen LogP contribution in [0, 0.1) is 5.92 Å². The topological polar surface area (TPSA) is 83.3 Å². The van der Waals surface area contributed by atoms with E-state index in [0.29, 0.717) is 5.71 Å². The largest absolute Gasteiger partial charge is 0.497 e. The summed E-state index contributed by atoms with van der Waals surface area (Å²) in [5.41, 5.74) is 5.90. The SMILES string of the molecule is COc1ccc(/C=C2/CCC[C@H]([C@H](NO)c3ccc(OC)cc3)/C2=N/O)cc1. The fourth-order valence-electron chi connectivity index (χ4n) is 3.73. The normalized spacial score (nSPS) is 20.9. The Hall–Kier alpha value is -2.83. The standard InChI is InChI=1S/C22H26N2O4/c1-27-18-10-6-15(7-11-18)14-17-4-3-5-20(22(17)24-26)21(23-25)16-8-12-19(28-2)13-9-16/h6-14,20-21,23,25-26H,3-5H2,1-2H3/b17-14-,24-22+/t20-,21-/m1/s1. The highest BCUT2D eigenvalue weighted by Gasteiger charge is 2.33. The Labute approximate surface area is 165 Å². The van der Waals surface area contributed by atoms with Gasteiger partial charge in [-0.1, -0.05) is 29.4 Å². The van der Waals surface area contributed by atoms with Crippen molar-refractivity contribution in [1.29, 1.82) is 0 Å². The second-order valence-corrected chi connectivity index (χ2v) is 6.81. The van der Waals surface area contributed by atoms with Crippen LogP contribution in [-0.2, 0) is 0 Å². The third-order valence-corrected chi connectivity index (χ3v) is 5.22. The van der Waals surface area contributed by atoms with Gasteiger partial charge in [0.15, 0.2) is 0 Å².